The Labute approximate surface area is 74.9 Å². The summed E-state index contributed by atoms with van der Waals surface area (Å²) in [5, 5.41) is 8.27. The molecule has 0 aromatic carbocycles. The van der Waals surface area contributed by atoms with Crippen LogP contribution in [0.2, 0.25) is 0 Å². The fraction of sp³-hybridized carbons (Fsp3) is 0.571. The number of amides is 1. The zero-order chi connectivity index (χ0) is 10.4. The molecule has 0 aromatic rings. The van der Waals surface area contributed by atoms with Crippen molar-refractivity contribution in [1.29, 1.82) is 0 Å². The number of hydrogen-bond acceptors (Lipinski definition) is 4. The van der Waals surface area contributed by atoms with Crippen molar-refractivity contribution in [2.75, 3.05) is 0 Å². The second-order valence-electron chi connectivity index (χ2n) is 2.65. The highest BCUT2D eigenvalue weighted by atomic mass is 16.4. The molecular formula is C7H12N2O4. The van der Waals surface area contributed by atoms with Crippen molar-refractivity contribution in [2.24, 2.45) is 11.5 Å². The first kappa shape index (κ1) is 11.6. The van der Waals surface area contributed by atoms with Crippen LogP contribution in [0.3, 0.4) is 0 Å². The van der Waals surface area contributed by atoms with Gasteiger partial charge in [0.15, 0.2) is 5.78 Å². The maximum atomic E-state index is 10.9. The van der Waals surface area contributed by atoms with Crippen molar-refractivity contribution >= 4 is 17.7 Å². The molecule has 0 saturated carbocycles. The van der Waals surface area contributed by atoms with Crippen LogP contribution in [0.25, 0.3) is 0 Å². The van der Waals surface area contributed by atoms with Crippen LogP contribution in [0.5, 0.6) is 0 Å². The molecule has 13 heavy (non-hydrogen) atoms. The van der Waals surface area contributed by atoms with Crippen LogP contribution in [0, 0.1) is 0 Å². The highest BCUT2D eigenvalue weighted by Crippen LogP contribution is 1.98. The second kappa shape index (κ2) is 5.26. The fourth-order valence-electron chi connectivity index (χ4n) is 0.743. The number of rotatable bonds is 6. The Balaban J connectivity index is 3.82. The van der Waals surface area contributed by atoms with Crippen molar-refractivity contribution in [3.05, 3.63) is 0 Å². The molecule has 0 bridgehead atoms. The summed E-state index contributed by atoms with van der Waals surface area (Å²) in [5.41, 5.74) is 10.0. The van der Waals surface area contributed by atoms with E-state index in [9.17, 15) is 14.4 Å². The van der Waals surface area contributed by atoms with E-state index in [0.717, 1.165) is 0 Å². The zero-order valence-electron chi connectivity index (χ0n) is 7.03. The van der Waals surface area contributed by atoms with Gasteiger partial charge in [-0.1, -0.05) is 0 Å². The Morgan fingerprint density at radius 2 is 1.85 bits per heavy atom. The van der Waals surface area contributed by atoms with E-state index >= 15 is 0 Å². The Hall–Kier alpha value is -1.43. The van der Waals surface area contributed by atoms with Crippen LogP contribution in [-0.2, 0) is 14.4 Å². The van der Waals surface area contributed by atoms with Gasteiger partial charge in [0.25, 0.3) is 0 Å². The van der Waals surface area contributed by atoms with Crippen molar-refractivity contribution in [3.8, 4) is 0 Å². The summed E-state index contributed by atoms with van der Waals surface area (Å²) in [7, 11) is 0. The summed E-state index contributed by atoms with van der Waals surface area (Å²) in [4.78, 5) is 31.3. The first-order valence-electron chi connectivity index (χ1n) is 3.72. The molecule has 74 valence electrons. The molecule has 5 N–H and O–H groups in total. The van der Waals surface area contributed by atoms with Gasteiger partial charge < -0.3 is 16.6 Å². The molecule has 0 unspecified atom stereocenters. The maximum absolute atomic E-state index is 10.9. The minimum atomic E-state index is -1.03. The number of carboxylic acids is 1. The minimum Gasteiger partial charge on any atom is -0.481 e. The Morgan fingerprint density at radius 3 is 2.23 bits per heavy atom. The number of Topliss-reactive ketones (excluding diaryl/α,β-unsaturated/α-hetero) is 1. The molecule has 6 nitrogen and oxygen atoms in total. The number of nitrogens with two attached hydrogens (primary N) is 2. The van der Waals surface area contributed by atoms with Gasteiger partial charge in [-0.15, -0.1) is 0 Å². The second-order valence-corrected chi connectivity index (χ2v) is 2.65. The number of ketones is 1. The summed E-state index contributed by atoms with van der Waals surface area (Å²) < 4.78 is 0. The van der Waals surface area contributed by atoms with Crippen molar-refractivity contribution in [1.82, 2.24) is 0 Å². The third-order valence-electron chi connectivity index (χ3n) is 1.43. The lowest BCUT2D eigenvalue weighted by Gasteiger charge is -2.06. The number of carboxylic acid groups (broad SMARTS) is 1. The van der Waals surface area contributed by atoms with E-state index in [2.05, 4.69) is 0 Å². The SMILES string of the molecule is NC(=O)CC(=O)[C@H](N)CCC(=O)O. The van der Waals surface area contributed by atoms with Gasteiger partial charge in [-0.05, 0) is 6.42 Å². The molecule has 0 aliphatic rings. The molecule has 0 rings (SSSR count). The van der Waals surface area contributed by atoms with E-state index in [1.807, 2.05) is 0 Å². The monoisotopic (exact) mass is 188 g/mol. The van der Waals surface area contributed by atoms with Gasteiger partial charge in [-0.3, -0.25) is 14.4 Å². The molecule has 1 atom stereocenters. The lowest BCUT2D eigenvalue weighted by atomic mass is 10.1. The number of aliphatic carboxylic acids is 1. The first-order valence-corrected chi connectivity index (χ1v) is 3.72. The maximum Gasteiger partial charge on any atom is 0.303 e. The van der Waals surface area contributed by atoms with Gasteiger partial charge in [0.05, 0.1) is 12.5 Å². The predicted molar refractivity (Wildman–Crippen MR) is 43.7 cm³/mol. The highest BCUT2D eigenvalue weighted by Gasteiger charge is 2.16. The molecule has 0 heterocycles. The summed E-state index contributed by atoms with van der Waals surface area (Å²) in [6.07, 6.45) is -0.589. The molecule has 6 heteroatoms. The molecule has 0 radical (unpaired) electrons. The lowest BCUT2D eigenvalue weighted by Crippen LogP contribution is -2.33. The van der Waals surface area contributed by atoms with Gasteiger partial charge in [-0.25, -0.2) is 0 Å². The van der Waals surface area contributed by atoms with E-state index < -0.39 is 30.1 Å². The van der Waals surface area contributed by atoms with Gasteiger partial charge >= 0.3 is 5.97 Å². The smallest absolute Gasteiger partial charge is 0.303 e. The Morgan fingerprint density at radius 1 is 1.31 bits per heavy atom. The van der Waals surface area contributed by atoms with E-state index in [1.54, 1.807) is 0 Å². The van der Waals surface area contributed by atoms with E-state index in [4.69, 9.17) is 16.6 Å². The van der Waals surface area contributed by atoms with E-state index in [-0.39, 0.29) is 12.8 Å². The third kappa shape index (κ3) is 5.80. The average Bonchev–Trinajstić information content (AvgIpc) is 1.98. The fourth-order valence-corrected chi connectivity index (χ4v) is 0.743. The van der Waals surface area contributed by atoms with Crippen LogP contribution in [0.4, 0.5) is 0 Å². The van der Waals surface area contributed by atoms with Crippen LogP contribution in [0.15, 0.2) is 0 Å². The van der Waals surface area contributed by atoms with Crippen molar-refractivity contribution in [2.45, 2.75) is 25.3 Å². The zero-order valence-corrected chi connectivity index (χ0v) is 7.03. The molecule has 0 aromatic heterocycles. The van der Waals surface area contributed by atoms with Crippen LogP contribution < -0.4 is 11.5 Å². The lowest BCUT2D eigenvalue weighted by molar-refractivity contribution is -0.137. The number of carbonyl (C=O) groups is 3. The average molecular weight is 188 g/mol. The van der Waals surface area contributed by atoms with Gasteiger partial charge in [0, 0.05) is 6.42 Å². The Kier molecular flexibility index (Phi) is 4.68. The highest BCUT2D eigenvalue weighted by molar-refractivity contribution is 5.99. The molecule has 0 aliphatic heterocycles. The normalized spacial score (nSPS) is 12.1. The first-order chi connectivity index (χ1) is 5.93. The van der Waals surface area contributed by atoms with Gasteiger partial charge in [0.1, 0.15) is 0 Å². The summed E-state index contributed by atoms with van der Waals surface area (Å²) in [6, 6.07) is -0.913. The molecule has 0 spiro atoms. The van der Waals surface area contributed by atoms with Crippen LogP contribution in [-0.4, -0.2) is 28.8 Å². The Bertz CT molecular complexity index is 227. The van der Waals surface area contributed by atoms with Crippen LogP contribution in [0.1, 0.15) is 19.3 Å². The summed E-state index contributed by atoms with van der Waals surface area (Å²) in [6.45, 7) is 0. The standard InChI is InChI=1S/C7H12N2O4/c8-4(1-2-7(12)13)5(10)3-6(9)11/h4H,1-3,8H2,(H2,9,11)(H,12,13)/t4-/m1/s1. The summed E-state index contributed by atoms with van der Waals surface area (Å²) in [5.74, 6) is -2.30. The molecule has 0 fully saturated rings. The number of carbonyl (C=O) groups excluding carboxylic acids is 2. The largest absolute Gasteiger partial charge is 0.481 e. The van der Waals surface area contributed by atoms with E-state index in [1.165, 1.54) is 0 Å². The molecular weight excluding hydrogens is 176 g/mol. The van der Waals surface area contributed by atoms with Gasteiger partial charge in [0.2, 0.25) is 5.91 Å². The molecule has 0 saturated heterocycles. The number of primary amides is 1. The molecule has 1 amide bonds. The van der Waals surface area contributed by atoms with E-state index in [0.29, 0.717) is 0 Å². The predicted octanol–water partition coefficient (Wildman–Crippen LogP) is -1.38. The van der Waals surface area contributed by atoms with Crippen LogP contribution >= 0.6 is 0 Å². The summed E-state index contributed by atoms with van der Waals surface area (Å²) >= 11 is 0. The molecule has 0 aliphatic carbocycles. The van der Waals surface area contributed by atoms with Crippen molar-refractivity contribution in [3.63, 3.8) is 0 Å². The third-order valence-corrected chi connectivity index (χ3v) is 1.43. The number of hydrogen-bond donors (Lipinski definition) is 3. The quantitative estimate of drug-likeness (QED) is 0.443. The minimum absolute atomic E-state index is 0.0292. The van der Waals surface area contributed by atoms with Crippen molar-refractivity contribution < 1.29 is 19.5 Å². The van der Waals surface area contributed by atoms with Gasteiger partial charge in [-0.2, -0.15) is 0 Å². The topological polar surface area (TPSA) is 123 Å².